The van der Waals surface area contributed by atoms with Crippen LogP contribution in [-0.2, 0) is 22.5 Å². The van der Waals surface area contributed by atoms with Crippen LogP contribution >= 0.6 is 0 Å². The fourth-order valence-electron chi connectivity index (χ4n) is 5.93. The molecule has 2 aliphatic carbocycles. The van der Waals surface area contributed by atoms with E-state index >= 15 is 0 Å². The van der Waals surface area contributed by atoms with E-state index in [9.17, 15) is 9.18 Å². The number of hydrogen-bond acceptors (Lipinski definition) is 8. The number of rotatable bonds is 9. The minimum Gasteiger partial charge on any atom is -0.480 e. The summed E-state index contributed by atoms with van der Waals surface area (Å²) in [4.78, 5) is 25.1. The Hall–Kier alpha value is -3.37. The molecule has 0 unspecified atom stereocenters. The van der Waals surface area contributed by atoms with Gasteiger partial charge in [-0.1, -0.05) is 0 Å². The molecule has 0 radical (unpaired) electrons. The molecule has 8 rings (SSSR count). The molecule has 0 atom stereocenters. The second kappa shape index (κ2) is 9.67. The van der Waals surface area contributed by atoms with Gasteiger partial charge in [-0.25, -0.2) is 14.4 Å². The van der Waals surface area contributed by atoms with Crippen molar-refractivity contribution in [3.05, 3.63) is 47.5 Å². The monoisotopic (exact) mass is 533 g/mol. The highest BCUT2D eigenvalue weighted by atomic mass is 19.1. The third-order valence-electron chi connectivity index (χ3n) is 8.68. The maximum atomic E-state index is 15.0. The number of halogens is 1. The van der Waals surface area contributed by atoms with Crippen LogP contribution in [0.2, 0.25) is 0 Å². The van der Waals surface area contributed by atoms with Gasteiger partial charge in [0.05, 0.1) is 41.7 Å². The largest absolute Gasteiger partial charge is 0.480 e. The zero-order chi connectivity index (χ0) is 26.5. The molecular formula is C29H32FN5O4. The van der Waals surface area contributed by atoms with E-state index in [0.29, 0.717) is 66.1 Å². The van der Waals surface area contributed by atoms with Crippen molar-refractivity contribution in [1.29, 1.82) is 0 Å². The maximum Gasteiger partial charge on any atom is 0.263 e. The number of anilines is 1. The molecule has 204 valence electrons. The summed E-state index contributed by atoms with van der Waals surface area (Å²) >= 11 is 0. The Bertz CT molecular complexity index is 1400. The van der Waals surface area contributed by atoms with Gasteiger partial charge < -0.3 is 24.8 Å². The van der Waals surface area contributed by atoms with E-state index in [2.05, 4.69) is 25.6 Å². The summed E-state index contributed by atoms with van der Waals surface area (Å²) in [5.41, 5.74) is 2.33. The Kier molecular flexibility index (Phi) is 6.12. The second-order valence-electron chi connectivity index (χ2n) is 11.4. The highest BCUT2D eigenvalue weighted by Gasteiger charge is 2.49. The van der Waals surface area contributed by atoms with Crippen molar-refractivity contribution in [3.63, 3.8) is 0 Å². The van der Waals surface area contributed by atoms with Crippen LogP contribution in [0, 0.1) is 11.7 Å². The van der Waals surface area contributed by atoms with E-state index in [-0.39, 0.29) is 29.5 Å². The van der Waals surface area contributed by atoms with E-state index in [0.717, 1.165) is 37.8 Å². The van der Waals surface area contributed by atoms with E-state index in [1.807, 2.05) is 24.3 Å². The molecule has 6 heterocycles. The van der Waals surface area contributed by atoms with Crippen molar-refractivity contribution in [2.45, 2.75) is 69.1 Å². The number of carbonyl (C=O) groups excluding carboxylic acids is 1. The van der Waals surface area contributed by atoms with Gasteiger partial charge in [-0.3, -0.25) is 9.78 Å². The van der Waals surface area contributed by atoms with E-state index in [1.54, 1.807) is 0 Å². The van der Waals surface area contributed by atoms with Crippen LogP contribution < -0.4 is 20.1 Å². The minimum absolute atomic E-state index is 0.0187. The molecule has 3 aromatic rings. The summed E-state index contributed by atoms with van der Waals surface area (Å²) < 4.78 is 32.7. The van der Waals surface area contributed by atoms with Gasteiger partial charge in [0.1, 0.15) is 5.82 Å². The van der Waals surface area contributed by atoms with Crippen molar-refractivity contribution in [2.75, 3.05) is 25.1 Å². The topological polar surface area (TPSA) is 107 Å². The fourth-order valence-corrected chi connectivity index (χ4v) is 5.93. The number of ether oxygens (including phenoxy) is 3. The van der Waals surface area contributed by atoms with Crippen LogP contribution in [0.5, 0.6) is 11.6 Å². The van der Waals surface area contributed by atoms with Crippen LogP contribution in [0.1, 0.15) is 56.2 Å². The molecular weight excluding hydrogens is 501 g/mol. The van der Waals surface area contributed by atoms with Gasteiger partial charge in [0.15, 0.2) is 18.2 Å². The van der Waals surface area contributed by atoms with Gasteiger partial charge in [0.25, 0.3) is 5.91 Å². The molecule has 10 heteroatoms. The predicted molar refractivity (Wildman–Crippen MR) is 141 cm³/mol. The number of amides is 1. The molecule has 4 fully saturated rings. The maximum absolute atomic E-state index is 15.0. The van der Waals surface area contributed by atoms with Crippen LogP contribution in [-0.4, -0.2) is 51.8 Å². The molecule has 2 saturated heterocycles. The zero-order valence-corrected chi connectivity index (χ0v) is 21.8. The van der Waals surface area contributed by atoms with Gasteiger partial charge >= 0.3 is 0 Å². The summed E-state index contributed by atoms with van der Waals surface area (Å²) in [6, 6.07) is 7.45. The quantitative estimate of drug-likeness (QED) is 0.424. The Morgan fingerprint density at radius 1 is 1.13 bits per heavy atom. The summed E-state index contributed by atoms with van der Waals surface area (Å²) in [6.07, 6.45) is 8.76. The molecule has 2 saturated carbocycles. The second-order valence-corrected chi connectivity index (χ2v) is 11.4. The van der Waals surface area contributed by atoms with Gasteiger partial charge in [0, 0.05) is 23.7 Å². The van der Waals surface area contributed by atoms with Gasteiger partial charge in [0.2, 0.25) is 5.88 Å². The van der Waals surface area contributed by atoms with Gasteiger partial charge in [-0.15, -0.1) is 0 Å². The first-order chi connectivity index (χ1) is 19.0. The van der Waals surface area contributed by atoms with Crippen LogP contribution in [0.3, 0.4) is 0 Å². The molecule has 1 amide bonds. The van der Waals surface area contributed by atoms with Gasteiger partial charge in [-0.2, -0.15) is 0 Å². The number of nitrogens with zero attached hydrogens (tertiary/aromatic N) is 3. The number of hydrogen-bond donors (Lipinski definition) is 2. The highest BCUT2D eigenvalue weighted by Crippen LogP contribution is 2.46. The molecule has 0 aromatic carbocycles. The lowest BCUT2D eigenvalue weighted by Crippen LogP contribution is -2.61. The first kappa shape index (κ1) is 24.7. The third kappa shape index (κ3) is 5.03. The summed E-state index contributed by atoms with van der Waals surface area (Å²) in [5.74, 6) is 1.70. The highest BCUT2D eigenvalue weighted by molar-refractivity contribution is 5.94. The number of nitrogens with one attached hydrogen (secondary N) is 2. The summed E-state index contributed by atoms with van der Waals surface area (Å²) in [7, 11) is 0. The molecule has 0 spiro atoms. The average molecular weight is 534 g/mol. The predicted octanol–water partition coefficient (Wildman–Crippen LogP) is 4.09. The SMILES string of the molecule is O=C1COc2ccc(CNC34CCC(CCc5c(F)cnc6ccc(OCC7CC7)nc56)(CC3)OC4)nc2N1. The third-order valence-corrected chi connectivity index (χ3v) is 8.68. The van der Waals surface area contributed by atoms with Crippen molar-refractivity contribution >= 4 is 22.8 Å². The molecule has 9 nitrogen and oxygen atoms in total. The lowest BCUT2D eigenvalue weighted by atomic mass is 9.69. The van der Waals surface area contributed by atoms with E-state index < -0.39 is 0 Å². The Balaban J connectivity index is 0.990. The summed E-state index contributed by atoms with van der Waals surface area (Å²) in [6.45, 7) is 1.86. The van der Waals surface area contributed by atoms with Crippen molar-refractivity contribution in [3.8, 4) is 11.6 Å². The van der Waals surface area contributed by atoms with Crippen molar-refractivity contribution < 1.29 is 23.4 Å². The minimum atomic E-state index is -0.326. The number of pyridine rings is 3. The smallest absolute Gasteiger partial charge is 0.263 e. The lowest BCUT2D eigenvalue weighted by Gasteiger charge is -2.53. The zero-order valence-electron chi connectivity index (χ0n) is 21.8. The van der Waals surface area contributed by atoms with Crippen LogP contribution in [0.4, 0.5) is 10.2 Å². The Morgan fingerprint density at radius 3 is 2.79 bits per heavy atom. The van der Waals surface area contributed by atoms with E-state index in [1.165, 1.54) is 19.0 Å². The first-order valence-corrected chi connectivity index (χ1v) is 13.9. The fraction of sp³-hybridized carbons (Fsp3) is 0.517. The number of aromatic nitrogens is 3. The normalized spacial score (nSPS) is 25.7. The Labute approximate surface area is 225 Å². The molecule has 5 aliphatic rings. The Morgan fingerprint density at radius 2 is 2.00 bits per heavy atom. The standard InChI is InChI=1S/C29H32FN5O4/c30-21-14-31-22-4-6-25(38-15-18-1-2-18)35-26(22)20(21)7-8-29-11-9-28(10-12-29,17-39-29)32-13-19-3-5-23-27(33-19)34-24(36)16-37-23/h3-6,14,18,32H,1-2,7-13,15-17H2,(H,33,34,36). The molecule has 39 heavy (non-hydrogen) atoms. The van der Waals surface area contributed by atoms with Crippen molar-refractivity contribution in [1.82, 2.24) is 20.3 Å². The van der Waals surface area contributed by atoms with E-state index in [4.69, 9.17) is 14.2 Å². The average Bonchev–Trinajstić information content (AvgIpc) is 3.80. The molecule has 3 aliphatic heterocycles. The van der Waals surface area contributed by atoms with Crippen LogP contribution in [0.15, 0.2) is 30.5 Å². The molecule has 3 aromatic heterocycles. The number of fused-ring (bicyclic) bond motifs is 5. The number of carbonyl (C=O) groups is 1. The van der Waals surface area contributed by atoms with Gasteiger partial charge in [-0.05, 0) is 75.5 Å². The number of aryl methyl sites for hydroxylation is 1. The summed E-state index contributed by atoms with van der Waals surface area (Å²) in [5, 5.41) is 6.44. The van der Waals surface area contributed by atoms with Crippen LogP contribution in [0.25, 0.3) is 11.0 Å². The lowest BCUT2D eigenvalue weighted by molar-refractivity contribution is -0.165. The van der Waals surface area contributed by atoms with Crippen molar-refractivity contribution in [2.24, 2.45) is 5.92 Å². The first-order valence-electron chi connectivity index (χ1n) is 13.9. The molecule has 2 bridgehead atoms. The molecule has 2 N–H and O–H groups in total.